The average molecular weight is 259 g/mol. The highest BCUT2D eigenvalue weighted by atomic mass is 79.9. The minimum absolute atomic E-state index is 0.933. The first kappa shape index (κ1) is 9.17. The fraction of sp³-hybridized carbons (Fsp3) is 0.143. The molecule has 74 valence electrons. The van der Waals surface area contributed by atoms with Gasteiger partial charge in [0, 0.05) is 5.33 Å². The Morgan fingerprint density at radius 2 is 1.73 bits per heavy atom. The monoisotopic (exact) mass is 258 g/mol. The summed E-state index contributed by atoms with van der Waals surface area (Å²) < 4.78 is 0. The van der Waals surface area contributed by atoms with Crippen molar-refractivity contribution in [2.24, 2.45) is 0 Å². The standard InChI is InChI=1S/C14H11Br/c15-9-10-5-6-12-8-11-3-1-2-4-13(11)14(12)7-10/h1-7H,8-9H2. The predicted octanol–water partition coefficient (Wildman–Crippen LogP) is 4.15. The van der Waals surface area contributed by atoms with Gasteiger partial charge in [-0.15, -0.1) is 0 Å². The van der Waals surface area contributed by atoms with Crippen molar-refractivity contribution in [2.45, 2.75) is 11.8 Å². The summed E-state index contributed by atoms with van der Waals surface area (Å²) in [6, 6.07) is 15.5. The molecule has 15 heavy (non-hydrogen) atoms. The van der Waals surface area contributed by atoms with E-state index in [4.69, 9.17) is 0 Å². The lowest BCUT2D eigenvalue weighted by molar-refractivity contribution is 1.25. The van der Waals surface area contributed by atoms with E-state index in [1.165, 1.54) is 27.8 Å². The third-order valence-corrected chi connectivity index (χ3v) is 3.66. The molecule has 0 saturated heterocycles. The van der Waals surface area contributed by atoms with Crippen molar-refractivity contribution in [3.63, 3.8) is 0 Å². The molecular weight excluding hydrogens is 248 g/mol. The van der Waals surface area contributed by atoms with Crippen molar-refractivity contribution in [1.82, 2.24) is 0 Å². The van der Waals surface area contributed by atoms with Crippen LogP contribution in [0, 0.1) is 0 Å². The molecule has 1 aliphatic carbocycles. The zero-order valence-corrected chi connectivity index (χ0v) is 9.92. The molecule has 1 heteroatoms. The molecule has 0 heterocycles. The van der Waals surface area contributed by atoms with Gasteiger partial charge in [-0.2, -0.15) is 0 Å². The number of alkyl halides is 1. The van der Waals surface area contributed by atoms with Crippen LogP contribution in [-0.4, -0.2) is 0 Å². The summed E-state index contributed by atoms with van der Waals surface area (Å²) in [4.78, 5) is 0. The first-order valence-corrected chi connectivity index (χ1v) is 6.26. The van der Waals surface area contributed by atoms with Gasteiger partial charge in [-0.3, -0.25) is 0 Å². The van der Waals surface area contributed by atoms with Crippen LogP contribution in [0.4, 0.5) is 0 Å². The Hall–Kier alpha value is -1.08. The maximum atomic E-state index is 3.51. The molecule has 0 nitrogen and oxygen atoms in total. The number of halogens is 1. The summed E-state index contributed by atoms with van der Waals surface area (Å²) >= 11 is 3.51. The molecule has 0 fully saturated rings. The molecular formula is C14H11Br. The van der Waals surface area contributed by atoms with Crippen LogP contribution in [0.25, 0.3) is 11.1 Å². The molecule has 0 atom stereocenters. The van der Waals surface area contributed by atoms with Crippen molar-refractivity contribution in [3.05, 3.63) is 59.2 Å². The maximum Gasteiger partial charge on any atom is 0.0283 e. The molecule has 0 N–H and O–H groups in total. The van der Waals surface area contributed by atoms with E-state index in [2.05, 4.69) is 58.4 Å². The lowest BCUT2D eigenvalue weighted by Gasteiger charge is -2.02. The second-order valence-electron chi connectivity index (χ2n) is 3.96. The first-order chi connectivity index (χ1) is 7.38. The number of rotatable bonds is 1. The minimum Gasteiger partial charge on any atom is -0.0876 e. The molecule has 0 amide bonds. The second-order valence-corrected chi connectivity index (χ2v) is 4.52. The Morgan fingerprint density at radius 3 is 2.60 bits per heavy atom. The zero-order chi connectivity index (χ0) is 10.3. The highest BCUT2D eigenvalue weighted by molar-refractivity contribution is 9.08. The second kappa shape index (κ2) is 3.49. The normalized spacial score (nSPS) is 12.3. The quantitative estimate of drug-likeness (QED) is 0.576. The Kier molecular flexibility index (Phi) is 2.14. The lowest BCUT2D eigenvalue weighted by atomic mass is 10.0. The van der Waals surface area contributed by atoms with Crippen molar-refractivity contribution >= 4 is 15.9 Å². The topological polar surface area (TPSA) is 0 Å². The van der Waals surface area contributed by atoms with Crippen LogP contribution >= 0.6 is 15.9 Å². The van der Waals surface area contributed by atoms with Gasteiger partial charge in [0.1, 0.15) is 0 Å². The summed E-state index contributed by atoms with van der Waals surface area (Å²) in [5.74, 6) is 0. The third-order valence-electron chi connectivity index (χ3n) is 3.02. The lowest BCUT2D eigenvalue weighted by Crippen LogP contribution is -1.82. The SMILES string of the molecule is BrCc1ccc2c(c1)-c1ccccc1C2. The summed E-state index contributed by atoms with van der Waals surface area (Å²) in [6.07, 6.45) is 1.09. The van der Waals surface area contributed by atoms with Crippen molar-refractivity contribution in [2.75, 3.05) is 0 Å². The van der Waals surface area contributed by atoms with E-state index in [1.54, 1.807) is 0 Å². The van der Waals surface area contributed by atoms with Crippen LogP contribution in [0.1, 0.15) is 16.7 Å². The fourth-order valence-electron chi connectivity index (χ4n) is 2.25. The summed E-state index contributed by atoms with van der Waals surface area (Å²) in [5, 5.41) is 0.933. The largest absolute Gasteiger partial charge is 0.0876 e. The number of benzene rings is 2. The van der Waals surface area contributed by atoms with Gasteiger partial charge in [-0.1, -0.05) is 58.4 Å². The van der Waals surface area contributed by atoms with E-state index < -0.39 is 0 Å². The van der Waals surface area contributed by atoms with Crippen molar-refractivity contribution in [3.8, 4) is 11.1 Å². The number of hydrogen-bond acceptors (Lipinski definition) is 0. The summed E-state index contributed by atoms with van der Waals surface area (Å²) in [6.45, 7) is 0. The molecule has 2 aromatic rings. The minimum atomic E-state index is 0.933. The van der Waals surface area contributed by atoms with E-state index in [9.17, 15) is 0 Å². The van der Waals surface area contributed by atoms with E-state index in [-0.39, 0.29) is 0 Å². The van der Waals surface area contributed by atoms with Gasteiger partial charge >= 0.3 is 0 Å². The highest BCUT2D eigenvalue weighted by Gasteiger charge is 2.17. The summed E-state index contributed by atoms with van der Waals surface area (Å²) in [7, 11) is 0. The van der Waals surface area contributed by atoms with Crippen LogP contribution in [0.3, 0.4) is 0 Å². The fourth-order valence-corrected chi connectivity index (χ4v) is 2.60. The van der Waals surface area contributed by atoms with E-state index in [0.29, 0.717) is 0 Å². The van der Waals surface area contributed by atoms with Crippen molar-refractivity contribution in [1.29, 1.82) is 0 Å². The van der Waals surface area contributed by atoms with Gasteiger partial charge in [0.05, 0.1) is 0 Å². The Balaban J connectivity index is 2.22. The van der Waals surface area contributed by atoms with Crippen LogP contribution < -0.4 is 0 Å². The average Bonchev–Trinajstić information content (AvgIpc) is 2.66. The molecule has 0 aliphatic heterocycles. The Labute approximate surface area is 98.1 Å². The maximum absolute atomic E-state index is 3.51. The van der Waals surface area contributed by atoms with E-state index in [1.807, 2.05) is 0 Å². The molecule has 0 bridgehead atoms. The summed E-state index contributed by atoms with van der Waals surface area (Å²) in [5.41, 5.74) is 7.10. The Bertz CT molecular complexity index is 514. The van der Waals surface area contributed by atoms with Crippen LogP contribution in [-0.2, 0) is 11.8 Å². The van der Waals surface area contributed by atoms with Crippen LogP contribution in [0.2, 0.25) is 0 Å². The van der Waals surface area contributed by atoms with Gasteiger partial charge < -0.3 is 0 Å². The Morgan fingerprint density at radius 1 is 0.933 bits per heavy atom. The third kappa shape index (κ3) is 1.42. The molecule has 0 unspecified atom stereocenters. The van der Waals surface area contributed by atoms with E-state index >= 15 is 0 Å². The number of hydrogen-bond donors (Lipinski definition) is 0. The number of fused-ring (bicyclic) bond motifs is 3. The van der Waals surface area contributed by atoms with Gasteiger partial charge in [0.15, 0.2) is 0 Å². The van der Waals surface area contributed by atoms with Gasteiger partial charge in [0.25, 0.3) is 0 Å². The van der Waals surface area contributed by atoms with Gasteiger partial charge in [-0.05, 0) is 34.2 Å². The molecule has 0 spiro atoms. The van der Waals surface area contributed by atoms with Crippen LogP contribution in [0.15, 0.2) is 42.5 Å². The molecule has 0 saturated carbocycles. The highest BCUT2D eigenvalue weighted by Crippen LogP contribution is 2.36. The molecule has 0 radical (unpaired) electrons. The first-order valence-electron chi connectivity index (χ1n) is 5.14. The predicted molar refractivity (Wildman–Crippen MR) is 67.3 cm³/mol. The molecule has 3 rings (SSSR count). The molecule has 0 aromatic heterocycles. The molecule has 2 aromatic carbocycles. The van der Waals surface area contributed by atoms with Crippen molar-refractivity contribution < 1.29 is 0 Å². The van der Waals surface area contributed by atoms with E-state index in [0.717, 1.165) is 11.8 Å². The molecule has 1 aliphatic rings. The van der Waals surface area contributed by atoms with Crippen LogP contribution in [0.5, 0.6) is 0 Å². The zero-order valence-electron chi connectivity index (χ0n) is 8.33. The van der Waals surface area contributed by atoms with Gasteiger partial charge in [0.2, 0.25) is 0 Å². The smallest absolute Gasteiger partial charge is 0.0283 e. The van der Waals surface area contributed by atoms with Gasteiger partial charge in [-0.25, -0.2) is 0 Å².